The smallest absolute Gasteiger partial charge is 0.407 e. The van der Waals surface area contributed by atoms with Gasteiger partial charge in [-0.15, -0.1) is 0 Å². The van der Waals surface area contributed by atoms with Crippen LogP contribution in [-0.4, -0.2) is 39.3 Å². The Kier molecular flexibility index (Phi) is 6.64. The summed E-state index contributed by atoms with van der Waals surface area (Å²) in [6.45, 7) is 5.03. The minimum atomic E-state index is -0.621. The molecule has 1 aromatic heterocycles. The van der Waals surface area contributed by atoms with Gasteiger partial charge in [-0.2, -0.15) is 4.98 Å². The molecule has 1 aromatic carbocycles. The molecule has 0 unspecified atom stereocenters. The molecule has 0 aliphatic rings. The SMILES string of the molecule is CC(C)(C)OC(=O)NCCC(=O)OCc1nc(-c2ccc([N+](=O)[O-])cc2)no1. The molecule has 0 aliphatic carbocycles. The first kappa shape index (κ1) is 20.8. The van der Waals surface area contributed by atoms with Crippen LogP contribution in [0.15, 0.2) is 28.8 Å². The monoisotopic (exact) mass is 392 g/mol. The number of nitro groups is 1. The zero-order valence-electron chi connectivity index (χ0n) is 15.6. The number of amides is 1. The molecule has 0 atom stereocenters. The molecule has 11 nitrogen and oxygen atoms in total. The summed E-state index contributed by atoms with van der Waals surface area (Å²) in [7, 11) is 0. The molecule has 2 rings (SSSR count). The number of carbonyl (C=O) groups excluding carboxylic acids is 2. The Morgan fingerprint density at radius 1 is 1.25 bits per heavy atom. The number of non-ortho nitro benzene ring substituents is 1. The molecule has 1 amide bonds. The molecule has 150 valence electrons. The van der Waals surface area contributed by atoms with Crippen molar-refractivity contribution in [3.8, 4) is 11.4 Å². The highest BCUT2D eigenvalue weighted by Crippen LogP contribution is 2.20. The first-order valence-electron chi connectivity index (χ1n) is 8.34. The largest absolute Gasteiger partial charge is 0.456 e. The summed E-state index contributed by atoms with van der Waals surface area (Å²) < 4.78 is 15.0. The number of esters is 1. The fourth-order valence-corrected chi connectivity index (χ4v) is 1.96. The molecular weight excluding hydrogens is 372 g/mol. The van der Waals surface area contributed by atoms with Crippen molar-refractivity contribution < 1.29 is 28.5 Å². The molecule has 0 fully saturated rings. The molecule has 0 saturated carbocycles. The summed E-state index contributed by atoms with van der Waals surface area (Å²) in [5.74, 6) is -0.277. The maximum Gasteiger partial charge on any atom is 0.407 e. The summed E-state index contributed by atoms with van der Waals surface area (Å²) in [4.78, 5) is 37.4. The van der Waals surface area contributed by atoms with E-state index in [0.29, 0.717) is 5.56 Å². The van der Waals surface area contributed by atoms with Crippen molar-refractivity contribution in [3.05, 3.63) is 40.3 Å². The number of carbonyl (C=O) groups is 2. The lowest BCUT2D eigenvalue weighted by molar-refractivity contribution is -0.384. The van der Waals surface area contributed by atoms with Gasteiger partial charge in [0.1, 0.15) is 5.60 Å². The Hall–Kier alpha value is -3.50. The van der Waals surface area contributed by atoms with Crippen molar-refractivity contribution in [3.63, 3.8) is 0 Å². The Morgan fingerprint density at radius 2 is 1.93 bits per heavy atom. The number of benzene rings is 1. The van der Waals surface area contributed by atoms with Gasteiger partial charge in [0, 0.05) is 24.2 Å². The first-order chi connectivity index (χ1) is 13.1. The Balaban J connectivity index is 1.77. The van der Waals surface area contributed by atoms with Gasteiger partial charge in [-0.1, -0.05) is 5.16 Å². The molecule has 0 aliphatic heterocycles. The van der Waals surface area contributed by atoms with E-state index >= 15 is 0 Å². The van der Waals surface area contributed by atoms with E-state index in [9.17, 15) is 19.7 Å². The van der Waals surface area contributed by atoms with Crippen molar-refractivity contribution in [1.29, 1.82) is 0 Å². The van der Waals surface area contributed by atoms with Crippen LogP contribution >= 0.6 is 0 Å². The number of ether oxygens (including phenoxy) is 2. The number of aromatic nitrogens is 2. The van der Waals surface area contributed by atoms with E-state index in [1.807, 2.05) is 0 Å². The number of alkyl carbamates (subject to hydrolysis) is 1. The van der Waals surface area contributed by atoms with Gasteiger partial charge in [-0.25, -0.2) is 4.79 Å². The van der Waals surface area contributed by atoms with Gasteiger partial charge in [-0.3, -0.25) is 14.9 Å². The van der Waals surface area contributed by atoms with Gasteiger partial charge in [-0.05, 0) is 32.9 Å². The van der Waals surface area contributed by atoms with Gasteiger partial charge in [0.2, 0.25) is 5.82 Å². The minimum absolute atomic E-state index is 0.0530. The van der Waals surface area contributed by atoms with Crippen molar-refractivity contribution in [2.24, 2.45) is 0 Å². The number of hydrogen-bond donors (Lipinski definition) is 1. The molecule has 1 N–H and O–H groups in total. The molecule has 28 heavy (non-hydrogen) atoms. The summed E-state index contributed by atoms with van der Waals surface area (Å²) in [5, 5.41) is 16.8. The molecule has 0 radical (unpaired) electrons. The third-order valence-corrected chi connectivity index (χ3v) is 3.16. The van der Waals surface area contributed by atoms with E-state index in [4.69, 9.17) is 14.0 Å². The van der Waals surface area contributed by atoms with Crippen molar-refractivity contribution in [2.75, 3.05) is 6.54 Å². The summed E-state index contributed by atoms with van der Waals surface area (Å²) in [6, 6.07) is 5.62. The Bertz CT molecular complexity index is 840. The van der Waals surface area contributed by atoms with Crippen LogP contribution in [0.4, 0.5) is 10.5 Å². The van der Waals surface area contributed by atoms with Crippen LogP contribution in [0.1, 0.15) is 33.1 Å². The second-order valence-corrected chi connectivity index (χ2v) is 6.66. The Labute approximate surface area is 160 Å². The van der Waals surface area contributed by atoms with Gasteiger partial charge < -0.3 is 19.3 Å². The summed E-state index contributed by atoms with van der Waals surface area (Å²) in [6.07, 6.45) is -0.673. The highest BCUT2D eigenvalue weighted by atomic mass is 16.6. The highest BCUT2D eigenvalue weighted by molar-refractivity contribution is 5.72. The van der Waals surface area contributed by atoms with Gasteiger partial charge >= 0.3 is 12.1 Å². The highest BCUT2D eigenvalue weighted by Gasteiger charge is 2.16. The van der Waals surface area contributed by atoms with Gasteiger partial charge in [0.25, 0.3) is 11.6 Å². The quantitative estimate of drug-likeness (QED) is 0.426. The zero-order valence-corrected chi connectivity index (χ0v) is 15.6. The van der Waals surface area contributed by atoms with Gasteiger partial charge in [0.15, 0.2) is 6.61 Å². The maximum atomic E-state index is 11.7. The fraction of sp³-hybridized carbons (Fsp3) is 0.412. The number of nitro benzene ring substituents is 1. The molecule has 0 spiro atoms. The van der Waals surface area contributed by atoms with Crippen molar-refractivity contribution >= 4 is 17.7 Å². The maximum absolute atomic E-state index is 11.7. The molecular formula is C17H20N4O7. The topological polar surface area (TPSA) is 147 Å². The van der Waals surface area contributed by atoms with E-state index < -0.39 is 22.6 Å². The van der Waals surface area contributed by atoms with Crippen molar-refractivity contribution in [2.45, 2.75) is 39.4 Å². The standard InChI is InChI=1S/C17H20N4O7/c1-17(2,3)27-16(23)18-9-8-14(22)26-10-13-19-15(20-28-13)11-4-6-12(7-5-11)21(24)25/h4-7H,8-10H2,1-3H3,(H,18,23). The molecule has 0 saturated heterocycles. The summed E-state index contributed by atoms with van der Waals surface area (Å²) >= 11 is 0. The third kappa shape index (κ3) is 6.67. The third-order valence-electron chi connectivity index (χ3n) is 3.16. The van der Waals surface area contributed by atoms with E-state index in [1.165, 1.54) is 24.3 Å². The number of nitrogens with one attached hydrogen (secondary N) is 1. The normalized spacial score (nSPS) is 11.0. The van der Waals surface area contributed by atoms with Crippen LogP contribution < -0.4 is 5.32 Å². The van der Waals surface area contributed by atoms with Crippen LogP contribution in [-0.2, 0) is 20.9 Å². The average molecular weight is 392 g/mol. The van der Waals surface area contributed by atoms with Crippen LogP contribution in [0, 0.1) is 10.1 Å². The number of rotatable bonds is 7. The molecule has 0 bridgehead atoms. The van der Waals surface area contributed by atoms with E-state index in [0.717, 1.165) is 0 Å². The lowest BCUT2D eigenvalue weighted by Crippen LogP contribution is -2.33. The minimum Gasteiger partial charge on any atom is -0.456 e. The molecule has 2 aromatic rings. The van der Waals surface area contributed by atoms with E-state index in [1.54, 1.807) is 20.8 Å². The van der Waals surface area contributed by atoms with Crippen LogP contribution in [0.25, 0.3) is 11.4 Å². The molecule has 1 heterocycles. The lowest BCUT2D eigenvalue weighted by Gasteiger charge is -2.19. The predicted octanol–water partition coefficient (Wildman–Crippen LogP) is 2.60. The van der Waals surface area contributed by atoms with Crippen LogP contribution in [0.5, 0.6) is 0 Å². The number of hydrogen-bond acceptors (Lipinski definition) is 9. The van der Waals surface area contributed by atoms with Crippen LogP contribution in [0.2, 0.25) is 0 Å². The second-order valence-electron chi connectivity index (χ2n) is 6.66. The van der Waals surface area contributed by atoms with Gasteiger partial charge in [0.05, 0.1) is 11.3 Å². The predicted molar refractivity (Wildman–Crippen MR) is 95.0 cm³/mol. The second kappa shape index (κ2) is 8.93. The lowest BCUT2D eigenvalue weighted by atomic mass is 10.2. The number of nitrogens with zero attached hydrogens (tertiary/aromatic N) is 3. The van der Waals surface area contributed by atoms with E-state index in [-0.39, 0.29) is 37.0 Å². The molecule has 11 heteroatoms. The van der Waals surface area contributed by atoms with Crippen molar-refractivity contribution in [1.82, 2.24) is 15.5 Å². The van der Waals surface area contributed by atoms with E-state index in [2.05, 4.69) is 15.5 Å². The fourth-order valence-electron chi connectivity index (χ4n) is 1.96. The first-order valence-corrected chi connectivity index (χ1v) is 8.34. The zero-order chi connectivity index (χ0) is 20.7. The summed E-state index contributed by atoms with van der Waals surface area (Å²) in [5.41, 5.74) is -0.154. The Morgan fingerprint density at radius 3 is 2.54 bits per heavy atom. The average Bonchev–Trinajstić information content (AvgIpc) is 3.07. The van der Waals surface area contributed by atoms with Crippen LogP contribution in [0.3, 0.4) is 0 Å².